The molecule has 0 spiro atoms. The number of rotatable bonds is 7. The molecule has 0 saturated heterocycles. The molecule has 0 fully saturated rings. The van der Waals surface area contributed by atoms with Gasteiger partial charge in [-0.15, -0.1) is 0 Å². The van der Waals surface area contributed by atoms with Crippen LogP contribution in [0.4, 0.5) is 9.18 Å². The molecule has 1 amide bonds. The Bertz CT molecular complexity index is 1070. The fourth-order valence-electron chi connectivity index (χ4n) is 3.69. The highest BCUT2D eigenvalue weighted by molar-refractivity contribution is 6.76. The normalized spacial score (nSPS) is 16.9. The van der Waals surface area contributed by atoms with Crippen molar-refractivity contribution in [2.75, 3.05) is 19.7 Å². The molecule has 2 aromatic rings. The van der Waals surface area contributed by atoms with Gasteiger partial charge in [-0.25, -0.2) is 19.2 Å². The summed E-state index contributed by atoms with van der Waals surface area (Å²) in [6, 6.07) is 3.96. The standard InChI is InChI=1S/C25H36ClFN4O3Si/c1-17-15-30(24(32)34-25(2,3)4)11-10-19(17)21-22(26)31(16-33-12-13-35(5,6)7)23(29-21)20-9-8-18(27)14-28-20/h8-10,14,17H,11-13,15-16H2,1-7H3. The lowest BCUT2D eigenvalue weighted by Gasteiger charge is -2.32. The number of nitrogens with zero attached hydrogens (tertiary/aromatic N) is 4. The molecule has 1 aliphatic rings. The number of hydrogen-bond donors (Lipinski definition) is 0. The first-order valence-electron chi connectivity index (χ1n) is 11.9. The molecule has 0 N–H and O–H groups in total. The Balaban J connectivity index is 1.89. The number of pyridine rings is 1. The highest BCUT2D eigenvalue weighted by Crippen LogP contribution is 2.35. The van der Waals surface area contributed by atoms with Crippen molar-refractivity contribution in [1.29, 1.82) is 0 Å². The minimum atomic E-state index is -1.24. The number of carbonyl (C=O) groups is 1. The second kappa shape index (κ2) is 10.8. The molecule has 0 saturated carbocycles. The van der Waals surface area contributed by atoms with Crippen molar-refractivity contribution >= 4 is 31.3 Å². The Kier molecular flexibility index (Phi) is 8.44. The zero-order valence-electron chi connectivity index (χ0n) is 21.7. The van der Waals surface area contributed by atoms with E-state index in [1.54, 1.807) is 15.5 Å². The summed E-state index contributed by atoms with van der Waals surface area (Å²) in [6.07, 6.45) is 2.78. The van der Waals surface area contributed by atoms with Crippen LogP contribution in [-0.2, 0) is 16.2 Å². The number of imidazole rings is 1. The minimum absolute atomic E-state index is 0.0149. The van der Waals surface area contributed by atoms with Gasteiger partial charge in [0, 0.05) is 33.7 Å². The van der Waals surface area contributed by atoms with Gasteiger partial charge < -0.3 is 14.4 Å². The smallest absolute Gasteiger partial charge is 0.410 e. The molecule has 0 bridgehead atoms. The van der Waals surface area contributed by atoms with Crippen molar-refractivity contribution in [2.45, 2.75) is 65.7 Å². The topological polar surface area (TPSA) is 69.5 Å². The number of amides is 1. The second-order valence-electron chi connectivity index (χ2n) is 11.2. The number of aromatic nitrogens is 3. The maximum Gasteiger partial charge on any atom is 0.410 e. The summed E-state index contributed by atoms with van der Waals surface area (Å²) in [5, 5.41) is 0.433. The minimum Gasteiger partial charge on any atom is -0.444 e. The molecule has 0 aromatic carbocycles. The predicted octanol–water partition coefficient (Wildman–Crippen LogP) is 6.32. The van der Waals surface area contributed by atoms with Gasteiger partial charge >= 0.3 is 6.09 Å². The van der Waals surface area contributed by atoms with E-state index in [2.05, 4.69) is 24.6 Å². The maximum absolute atomic E-state index is 13.5. The van der Waals surface area contributed by atoms with Gasteiger partial charge in [0.2, 0.25) is 0 Å². The van der Waals surface area contributed by atoms with Crippen molar-refractivity contribution in [2.24, 2.45) is 5.92 Å². The molecule has 7 nitrogen and oxygen atoms in total. The predicted molar refractivity (Wildman–Crippen MR) is 139 cm³/mol. The van der Waals surface area contributed by atoms with Gasteiger partial charge in [0.25, 0.3) is 0 Å². The fraction of sp³-hybridized carbons (Fsp3) is 0.560. The van der Waals surface area contributed by atoms with Crippen LogP contribution in [0.5, 0.6) is 0 Å². The molecule has 1 aliphatic heterocycles. The van der Waals surface area contributed by atoms with Crippen molar-refractivity contribution in [3.05, 3.63) is 41.1 Å². The Morgan fingerprint density at radius 2 is 2.00 bits per heavy atom. The van der Waals surface area contributed by atoms with Gasteiger partial charge in [0.15, 0.2) is 5.82 Å². The quantitative estimate of drug-likeness (QED) is 0.314. The Hall–Kier alpha value is -2.23. The average Bonchev–Trinajstić information content (AvgIpc) is 3.06. The first kappa shape index (κ1) is 27.4. The number of halogens is 2. The molecule has 10 heteroatoms. The summed E-state index contributed by atoms with van der Waals surface area (Å²) in [7, 11) is -1.24. The summed E-state index contributed by atoms with van der Waals surface area (Å²) in [4.78, 5) is 23.2. The van der Waals surface area contributed by atoms with Gasteiger partial charge in [-0.1, -0.05) is 44.2 Å². The maximum atomic E-state index is 13.5. The lowest BCUT2D eigenvalue weighted by Crippen LogP contribution is -2.41. The van der Waals surface area contributed by atoms with E-state index < -0.39 is 19.5 Å². The lowest BCUT2D eigenvalue weighted by atomic mass is 9.94. The van der Waals surface area contributed by atoms with Crippen LogP contribution in [0.1, 0.15) is 33.4 Å². The molecule has 35 heavy (non-hydrogen) atoms. The third kappa shape index (κ3) is 7.38. The van der Waals surface area contributed by atoms with Crippen molar-refractivity contribution < 1.29 is 18.7 Å². The van der Waals surface area contributed by atoms with E-state index in [0.717, 1.165) is 17.8 Å². The van der Waals surface area contributed by atoms with Gasteiger partial charge in [-0.3, -0.25) is 4.57 Å². The van der Waals surface area contributed by atoms with Crippen LogP contribution in [0, 0.1) is 11.7 Å². The molecule has 0 aliphatic carbocycles. The number of carbonyl (C=O) groups excluding carboxylic acids is 1. The monoisotopic (exact) mass is 522 g/mol. The van der Waals surface area contributed by atoms with E-state index in [9.17, 15) is 9.18 Å². The van der Waals surface area contributed by atoms with Crippen LogP contribution in [0.2, 0.25) is 30.8 Å². The van der Waals surface area contributed by atoms with Crippen LogP contribution >= 0.6 is 11.6 Å². The molecule has 1 unspecified atom stereocenters. The first-order chi connectivity index (χ1) is 16.2. The molecule has 2 aromatic heterocycles. The van der Waals surface area contributed by atoms with E-state index in [4.69, 9.17) is 26.1 Å². The van der Waals surface area contributed by atoms with E-state index in [1.807, 2.05) is 33.8 Å². The summed E-state index contributed by atoms with van der Waals surface area (Å²) in [5.41, 5.74) is 1.52. The van der Waals surface area contributed by atoms with Crippen molar-refractivity contribution in [3.8, 4) is 11.5 Å². The Morgan fingerprint density at radius 1 is 1.29 bits per heavy atom. The van der Waals surface area contributed by atoms with E-state index in [-0.39, 0.29) is 18.7 Å². The summed E-state index contributed by atoms with van der Waals surface area (Å²) >= 11 is 6.85. The summed E-state index contributed by atoms with van der Waals surface area (Å²) in [6.45, 7) is 16.2. The van der Waals surface area contributed by atoms with Gasteiger partial charge in [-0.05, 0) is 44.5 Å². The van der Waals surface area contributed by atoms with Crippen LogP contribution in [0.25, 0.3) is 17.1 Å². The van der Waals surface area contributed by atoms with Crippen molar-refractivity contribution in [3.63, 3.8) is 0 Å². The molecular formula is C25H36ClFN4O3Si. The fourth-order valence-corrected chi connectivity index (χ4v) is 4.73. The van der Waals surface area contributed by atoms with E-state index >= 15 is 0 Å². The third-order valence-corrected chi connectivity index (χ3v) is 7.65. The zero-order chi connectivity index (χ0) is 26.0. The van der Waals surface area contributed by atoms with E-state index in [0.29, 0.717) is 42.1 Å². The first-order valence-corrected chi connectivity index (χ1v) is 16.0. The summed E-state index contributed by atoms with van der Waals surface area (Å²) in [5.74, 6) is 0.0787. The molecule has 3 rings (SSSR count). The third-order valence-electron chi connectivity index (χ3n) is 5.56. The summed E-state index contributed by atoms with van der Waals surface area (Å²) < 4.78 is 26.8. The van der Waals surface area contributed by atoms with E-state index in [1.165, 1.54) is 6.07 Å². The molecule has 0 radical (unpaired) electrons. The molecule has 1 atom stereocenters. The average molecular weight is 523 g/mol. The largest absolute Gasteiger partial charge is 0.444 e. The van der Waals surface area contributed by atoms with Gasteiger partial charge in [0.05, 0.1) is 6.20 Å². The molecular weight excluding hydrogens is 487 g/mol. The molecule has 3 heterocycles. The van der Waals surface area contributed by atoms with Crippen LogP contribution in [-0.4, -0.2) is 58.9 Å². The Morgan fingerprint density at radius 3 is 2.57 bits per heavy atom. The van der Waals surface area contributed by atoms with Gasteiger partial charge in [-0.2, -0.15) is 0 Å². The highest BCUT2D eigenvalue weighted by Gasteiger charge is 2.30. The van der Waals surface area contributed by atoms with Crippen molar-refractivity contribution in [1.82, 2.24) is 19.4 Å². The van der Waals surface area contributed by atoms with Gasteiger partial charge in [0.1, 0.15) is 34.7 Å². The van der Waals surface area contributed by atoms with Crippen LogP contribution in [0.15, 0.2) is 24.4 Å². The lowest BCUT2D eigenvalue weighted by molar-refractivity contribution is 0.0251. The highest BCUT2D eigenvalue weighted by atomic mass is 35.5. The van der Waals surface area contributed by atoms with Crippen LogP contribution in [0.3, 0.4) is 0 Å². The molecule has 192 valence electrons. The number of hydrogen-bond acceptors (Lipinski definition) is 5. The van der Waals surface area contributed by atoms with Crippen LogP contribution < -0.4 is 0 Å². The zero-order valence-corrected chi connectivity index (χ0v) is 23.4. The second-order valence-corrected chi connectivity index (χ2v) is 17.1. The SMILES string of the molecule is CC1CN(C(=O)OC(C)(C)C)CC=C1c1nc(-c2ccc(F)cn2)n(COCC[Si](C)(C)C)c1Cl. The number of ether oxygens (including phenoxy) is 2. The Labute approximate surface area is 213 Å².